The quantitative estimate of drug-likeness (QED) is 0.585. The molecule has 1 aromatic carbocycles. The topological polar surface area (TPSA) is 103 Å². The van der Waals surface area contributed by atoms with Crippen LogP contribution in [0.25, 0.3) is 0 Å². The summed E-state index contributed by atoms with van der Waals surface area (Å²) in [6.07, 6.45) is 5.58. The maximum atomic E-state index is 13.3. The lowest BCUT2D eigenvalue weighted by molar-refractivity contribution is -0.131. The third-order valence-electron chi connectivity index (χ3n) is 6.58. The van der Waals surface area contributed by atoms with Crippen molar-refractivity contribution >= 4 is 23.6 Å². The predicted octanol–water partition coefficient (Wildman–Crippen LogP) is 2.22. The molecule has 3 heterocycles. The molecule has 2 N–H and O–H groups in total. The fourth-order valence-corrected chi connectivity index (χ4v) is 4.96. The number of hydrogen-bond donors (Lipinski definition) is 2. The minimum Gasteiger partial charge on any atom is -0.356 e. The zero-order chi connectivity index (χ0) is 21.6. The largest absolute Gasteiger partial charge is 0.356 e. The number of aromatic nitrogens is 1. The van der Waals surface area contributed by atoms with Crippen molar-refractivity contribution in [3.8, 4) is 0 Å². The van der Waals surface area contributed by atoms with Crippen molar-refractivity contribution in [2.75, 3.05) is 19.6 Å². The number of urea groups is 1. The number of fused-ring (bicyclic) bond motifs is 2. The second-order valence-electron chi connectivity index (χ2n) is 8.46. The first-order chi connectivity index (χ1) is 15.0. The summed E-state index contributed by atoms with van der Waals surface area (Å²) in [4.78, 5) is 57.0. The molecule has 31 heavy (non-hydrogen) atoms. The Morgan fingerprint density at radius 1 is 1.06 bits per heavy atom. The minimum atomic E-state index is -1.10. The maximum absolute atomic E-state index is 13.3. The van der Waals surface area contributed by atoms with E-state index in [1.807, 2.05) is 24.3 Å². The fourth-order valence-electron chi connectivity index (χ4n) is 4.96. The number of carbonyl (C=O) groups is 4. The van der Waals surface area contributed by atoms with Crippen LogP contribution in [0.15, 0.2) is 36.5 Å². The maximum Gasteiger partial charge on any atom is 0.325 e. The molecule has 2 saturated heterocycles. The van der Waals surface area contributed by atoms with E-state index in [0.717, 1.165) is 41.7 Å². The van der Waals surface area contributed by atoms with E-state index >= 15 is 0 Å². The third kappa shape index (κ3) is 3.13. The molecule has 3 aliphatic rings. The molecule has 0 bridgehead atoms. The van der Waals surface area contributed by atoms with Crippen molar-refractivity contribution in [2.24, 2.45) is 0 Å². The van der Waals surface area contributed by atoms with E-state index in [0.29, 0.717) is 25.2 Å². The van der Waals surface area contributed by atoms with Gasteiger partial charge < -0.3 is 15.2 Å². The second-order valence-corrected chi connectivity index (χ2v) is 8.46. The van der Waals surface area contributed by atoms with Crippen LogP contribution in [0.5, 0.6) is 0 Å². The van der Waals surface area contributed by atoms with Crippen LogP contribution in [0.3, 0.4) is 0 Å². The Morgan fingerprint density at radius 3 is 2.65 bits per heavy atom. The molecule has 1 unspecified atom stereocenters. The average Bonchev–Trinajstić information content (AvgIpc) is 3.52. The number of ketones is 1. The van der Waals surface area contributed by atoms with Crippen LogP contribution in [0.2, 0.25) is 0 Å². The summed E-state index contributed by atoms with van der Waals surface area (Å²) in [5.41, 5.74) is 1.40. The van der Waals surface area contributed by atoms with E-state index in [2.05, 4.69) is 10.3 Å². The monoisotopic (exact) mass is 420 g/mol. The summed E-state index contributed by atoms with van der Waals surface area (Å²) in [7, 11) is 0. The molecule has 0 radical (unpaired) electrons. The highest BCUT2D eigenvalue weighted by Crippen LogP contribution is 2.39. The zero-order valence-electron chi connectivity index (χ0n) is 17.1. The zero-order valence-corrected chi connectivity index (χ0v) is 17.1. The smallest absolute Gasteiger partial charge is 0.325 e. The molecule has 5 rings (SSSR count). The van der Waals surface area contributed by atoms with Gasteiger partial charge in [0.2, 0.25) is 0 Å². The van der Waals surface area contributed by atoms with Gasteiger partial charge in [0.15, 0.2) is 5.78 Å². The molecular weight excluding hydrogens is 396 g/mol. The summed E-state index contributed by atoms with van der Waals surface area (Å²) in [5, 5.41) is 2.86. The molecule has 2 fully saturated rings. The highest BCUT2D eigenvalue weighted by Gasteiger charge is 2.54. The van der Waals surface area contributed by atoms with Gasteiger partial charge in [0.05, 0.1) is 6.54 Å². The van der Waals surface area contributed by atoms with E-state index in [4.69, 9.17) is 0 Å². The number of aromatic amines is 1. The number of likely N-dealkylation sites (tertiary alicyclic amines) is 1. The lowest BCUT2D eigenvalue weighted by atomic mass is 9.76. The fraction of sp³-hybridized carbons (Fsp3) is 0.391. The van der Waals surface area contributed by atoms with Crippen LogP contribution >= 0.6 is 0 Å². The number of aryl methyl sites for hydroxylation is 1. The van der Waals surface area contributed by atoms with Crippen molar-refractivity contribution < 1.29 is 19.2 Å². The van der Waals surface area contributed by atoms with Crippen LogP contribution < -0.4 is 5.32 Å². The van der Waals surface area contributed by atoms with E-state index in [1.54, 1.807) is 4.90 Å². The number of nitrogens with zero attached hydrogens (tertiary/aromatic N) is 2. The van der Waals surface area contributed by atoms with Gasteiger partial charge in [-0.1, -0.05) is 24.3 Å². The number of Topliss-reactive ketones (excluding diaryl/α,β-unsaturated/α-hetero) is 1. The number of amides is 4. The molecule has 8 nitrogen and oxygen atoms in total. The van der Waals surface area contributed by atoms with Crippen molar-refractivity contribution in [2.45, 2.75) is 37.6 Å². The molecule has 1 atom stereocenters. The van der Waals surface area contributed by atoms with Crippen molar-refractivity contribution in [1.82, 2.24) is 20.1 Å². The standard InChI is InChI=1S/C23H24N4O4/c28-19(16-12-18(24-13-16)20(29)26-10-3-4-11-26)14-27-21(30)23(25-22(27)31)9-5-7-15-6-1-2-8-17(15)23/h1-2,6,8,12-13,24H,3-5,7,9-11,14H2,(H,25,31). The van der Waals surface area contributed by atoms with Gasteiger partial charge in [0.25, 0.3) is 11.8 Å². The highest BCUT2D eigenvalue weighted by molar-refractivity contribution is 6.12. The molecule has 2 aromatic rings. The van der Waals surface area contributed by atoms with Crippen molar-refractivity contribution in [1.29, 1.82) is 0 Å². The Labute approximate surface area is 179 Å². The van der Waals surface area contributed by atoms with Crippen LogP contribution in [-0.4, -0.2) is 58.0 Å². The van der Waals surface area contributed by atoms with Crippen LogP contribution in [0.1, 0.15) is 57.7 Å². The number of carbonyl (C=O) groups excluding carboxylic acids is 4. The third-order valence-corrected chi connectivity index (χ3v) is 6.58. The van der Waals surface area contributed by atoms with E-state index in [-0.39, 0.29) is 29.7 Å². The van der Waals surface area contributed by atoms with Crippen molar-refractivity contribution in [3.05, 3.63) is 58.9 Å². The Balaban J connectivity index is 1.34. The lowest BCUT2D eigenvalue weighted by Gasteiger charge is -2.33. The number of benzene rings is 1. The van der Waals surface area contributed by atoms with Gasteiger partial charge in [-0.2, -0.15) is 0 Å². The molecule has 1 aromatic heterocycles. The molecular formula is C23H24N4O4. The van der Waals surface area contributed by atoms with Gasteiger partial charge in [-0.25, -0.2) is 4.79 Å². The number of imide groups is 1. The summed E-state index contributed by atoms with van der Waals surface area (Å²) >= 11 is 0. The van der Waals surface area contributed by atoms with Crippen LogP contribution in [0.4, 0.5) is 4.79 Å². The van der Waals surface area contributed by atoms with Crippen LogP contribution in [0, 0.1) is 0 Å². The average molecular weight is 420 g/mol. The molecule has 1 aliphatic carbocycles. The summed E-state index contributed by atoms with van der Waals surface area (Å²) in [6, 6.07) is 8.58. The number of H-pyrrole nitrogens is 1. The Hall–Kier alpha value is -3.42. The number of nitrogens with one attached hydrogen (secondary N) is 2. The number of rotatable bonds is 4. The van der Waals surface area contributed by atoms with Crippen molar-refractivity contribution in [3.63, 3.8) is 0 Å². The molecule has 4 amide bonds. The van der Waals surface area contributed by atoms with Gasteiger partial charge in [0, 0.05) is 24.8 Å². The van der Waals surface area contributed by atoms with Gasteiger partial charge >= 0.3 is 6.03 Å². The molecule has 0 saturated carbocycles. The van der Waals surface area contributed by atoms with E-state index in [9.17, 15) is 19.2 Å². The molecule has 1 spiro atoms. The van der Waals surface area contributed by atoms with Gasteiger partial charge in [-0.05, 0) is 49.3 Å². The Kier molecular flexibility index (Phi) is 4.64. The first-order valence-corrected chi connectivity index (χ1v) is 10.7. The van der Waals surface area contributed by atoms with Gasteiger partial charge in [0.1, 0.15) is 11.2 Å². The first-order valence-electron chi connectivity index (χ1n) is 10.7. The van der Waals surface area contributed by atoms with Gasteiger partial charge in [-0.15, -0.1) is 0 Å². The summed E-state index contributed by atoms with van der Waals surface area (Å²) in [6.45, 7) is 1.07. The van der Waals surface area contributed by atoms with Gasteiger partial charge in [-0.3, -0.25) is 19.3 Å². The Morgan fingerprint density at radius 2 is 1.84 bits per heavy atom. The van der Waals surface area contributed by atoms with E-state index in [1.165, 1.54) is 12.3 Å². The predicted molar refractivity (Wildman–Crippen MR) is 112 cm³/mol. The first kappa shape index (κ1) is 19.5. The van der Waals surface area contributed by atoms with E-state index < -0.39 is 11.6 Å². The molecule has 2 aliphatic heterocycles. The SMILES string of the molecule is O=C(CN1C(=O)NC2(CCCc3ccccc32)C1=O)c1c[nH]c(C(=O)N2CCCC2)c1. The summed E-state index contributed by atoms with van der Waals surface area (Å²) < 4.78 is 0. The van der Waals surface area contributed by atoms with Crippen LogP contribution in [-0.2, 0) is 16.8 Å². The lowest BCUT2D eigenvalue weighted by Crippen LogP contribution is -2.46. The number of hydrogen-bond acceptors (Lipinski definition) is 4. The molecule has 160 valence electrons. The Bertz CT molecular complexity index is 1080. The normalized spacial score (nSPS) is 22.7. The second kappa shape index (κ2) is 7.37. The molecule has 8 heteroatoms. The summed E-state index contributed by atoms with van der Waals surface area (Å²) in [5.74, 6) is -0.910. The highest BCUT2D eigenvalue weighted by atomic mass is 16.2. The minimum absolute atomic E-state index is 0.135.